The summed E-state index contributed by atoms with van der Waals surface area (Å²) in [5, 5.41) is 4.58. The Labute approximate surface area is 130 Å². The number of hydrogen-bond acceptors (Lipinski definition) is 3. The molecule has 0 spiro atoms. The van der Waals surface area contributed by atoms with Gasteiger partial charge in [-0.3, -0.25) is 4.90 Å². The van der Waals surface area contributed by atoms with Gasteiger partial charge in [0.05, 0.1) is 0 Å². The molecule has 20 heavy (non-hydrogen) atoms. The molecule has 1 N–H and O–H groups in total. The van der Waals surface area contributed by atoms with Crippen LogP contribution < -0.4 is 5.32 Å². The number of nitrogens with zero attached hydrogens (tertiary/aromatic N) is 2. The molecule has 1 aliphatic carbocycles. The number of hydrogen-bond donors (Lipinski definition) is 1. The van der Waals surface area contributed by atoms with Crippen molar-refractivity contribution in [1.82, 2.24) is 15.2 Å². The van der Waals surface area contributed by atoms with Gasteiger partial charge in [-0.1, -0.05) is 29.3 Å². The standard InChI is InChI=1S/C15H21Cl2N3/c16-14-6-5-12(15(17)19-14)9-20(8-11-3-4-11)10-13-2-1-7-18-13/h5-6,11,13,18H,1-4,7-10H2. The Morgan fingerprint density at radius 2 is 2.05 bits per heavy atom. The second-order valence-electron chi connectivity index (χ2n) is 6.01. The van der Waals surface area contributed by atoms with Crippen molar-refractivity contribution >= 4 is 23.2 Å². The molecule has 0 aromatic carbocycles. The molecule has 1 unspecified atom stereocenters. The van der Waals surface area contributed by atoms with Gasteiger partial charge in [-0.15, -0.1) is 0 Å². The van der Waals surface area contributed by atoms with Crippen molar-refractivity contribution in [3.63, 3.8) is 0 Å². The molecule has 3 rings (SSSR count). The van der Waals surface area contributed by atoms with Crippen molar-refractivity contribution < 1.29 is 0 Å². The minimum Gasteiger partial charge on any atom is -0.313 e. The first kappa shape index (κ1) is 14.6. The smallest absolute Gasteiger partial charge is 0.135 e. The summed E-state index contributed by atoms with van der Waals surface area (Å²) < 4.78 is 0. The van der Waals surface area contributed by atoms with Crippen LogP contribution in [0.15, 0.2) is 12.1 Å². The van der Waals surface area contributed by atoms with Crippen molar-refractivity contribution in [1.29, 1.82) is 0 Å². The molecule has 1 saturated carbocycles. The number of pyridine rings is 1. The predicted molar refractivity (Wildman–Crippen MR) is 83.3 cm³/mol. The van der Waals surface area contributed by atoms with Gasteiger partial charge in [0.1, 0.15) is 10.3 Å². The third-order valence-corrected chi connectivity index (χ3v) is 4.68. The van der Waals surface area contributed by atoms with E-state index in [1.54, 1.807) is 0 Å². The van der Waals surface area contributed by atoms with E-state index in [1.165, 1.54) is 32.2 Å². The molecular weight excluding hydrogens is 293 g/mol. The van der Waals surface area contributed by atoms with E-state index in [-0.39, 0.29) is 0 Å². The van der Waals surface area contributed by atoms with Crippen LogP contribution in [0.3, 0.4) is 0 Å². The normalized spacial score (nSPS) is 22.6. The molecule has 110 valence electrons. The largest absolute Gasteiger partial charge is 0.313 e. The lowest BCUT2D eigenvalue weighted by Gasteiger charge is -2.26. The lowest BCUT2D eigenvalue weighted by Crippen LogP contribution is -2.38. The molecule has 1 saturated heterocycles. The van der Waals surface area contributed by atoms with Crippen molar-refractivity contribution in [2.45, 2.75) is 38.3 Å². The summed E-state index contributed by atoms with van der Waals surface area (Å²) in [6.07, 6.45) is 5.33. The van der Waals surface area contributed by atoms with E-state index >= 15 is 0 Å². The average molecular weight is 314 g/mol. The van der Waals surface area contributed by atoms with E-state index in [4.69, 9.17) is 23.2 Å². The van der Waals surface area contributed by atoms with Crippen molar-refractivity contribution in [3.05, 3.63) is 28.0 Å². The molecule has 2 heterocycles. The van der Waals surface area contributed by atoms with Gasteiger partial charge in [-0.25, -0.2) is 4.98 Å². The summed E-state index contributed by atoms with van der Waals surface area (Å²) in [7, 11) is 0. The molecular formula is C15H21Cl2N3. The SMILES string of the molecule is Clc1ccc(CN(CC2CC2)CC2CCCN2)c(Cl)n1. The molecule has 0 amide bonds. The fourth-order valence-corrected chi connectivity index (χ4v) is 3.30. The van der Waals surface area contributed by atoms with E-state index < -0.39 is 0 Å². The number of nitrogens with one attached hydrogen (secondary N) is 1. The van der Waals surface area contributed by atoms with Crippen LogP contribution in [0.25, 0.3) is 0 Å². The molecule has 2 aliphatic rings. The van der Waals surface area contributed by atoms with Crippen LogP contribution in [-0.4, -0.2) is 35.6 Å². The molecule has 5 heteroatoms. The van der Waals surface area contributed by atoms with Gasteiger partial charge in [0.2, 0.25) is 0 Å². The molecule has 3 nitrogen and oxygen atoms in total. The maximum Gasteiger partial charge on any atom is 0.135 e. The molecule has 0 radical (unpaired) electrons. The highest BCUT2D eigenvalue weighted by Gasteiger charge is 2.26. The Morgan fingerprint density at radius 3 is 2.70 bits per heavy atom. The third kappa shape index (κ3) is 4.08. The minimum atomic E-state index is 0.463. The number of rotatable bonds is 6. The highest BCUT2D eigenvalue weighted by atomic mass is 35.5. The fourth-order valence-electron chi connectivity index (χ4n) is 2.89. The first-order valence-corrected chi connectivity index (χ1v) is 8.23. The van der Waals surface area contributed by atoms with E-state index in [1.807, 2.05) is 12.1 Å². The Hall–Kier alpha value is -0.350. The van der Waals surface area contributed by atoms with Crippen molar-refractivity contribution in [3.8, 4) is 0 Å². The van der Waals surface area contributed by atoms with Crippen LogP contribution in [0.4, 0.5) is 0 Å². The maximum atomic E-state index is 6.20. The van der Waals surface area contributed by atoms with Gasteiger partial charge in [-0.2, -0.15) is 0 Å². The lowest BCUT2D eigenvalue weighted by atomic mass is 10.2. The Balaban J connectivity index is 1.64. The Kier molecular flexibility index (Phi) is 4.82. The molecule has 1 atom stereocenters. The maximum absolute atomic E-state index is 6.20. The monoisotopic (exact) mass is 313 g/mol. The van der Waals surface area contributed by atoms with Crippen LogP contribution in [0.5, 0.6) is 0 Å². The Bertz CT molecular complexity index is 456. The topological polar surface area (TPSA) is 28.2 Å². The van der Waals surface area contributed by atoms with Crippen LogP contribution >= 0.6 is 23.2 Å². The van der Waals surface area contributed by atoms with Crippen LogP contribution in [0.2, 0.25) is 10.3 Å². The zero-order chi connectivity index (χ0) is 13.9. The van der Waals surface area contributed by atoms with Crippen LogP contribution in [0.1, 0.15) is 31.2 Å². The minimum absolute atomic E-state index is 0.463. The van der Waals surface area contributed by atoms with Crippen molar-refractivity contribution in [2.24, 2.45) is 5.92 Å². The van der Waals surface area contributed by atoms with E-state index in [9.17, 15) is 0 Å². The highest BCUT2D eigenvalue weighted by molar-refractivity contribution is 6.32. The Morgan fingerprint density at radius 1 is 1.20 bits per heavy atom. The van der Waals surface area contributed by atoms with Gasteiger partial charge in [-0.05, 0) is 44.2 Å². The number of halogens is 2. The second-order valence-corrected chi connectivity index (χ2v) is 6.76. The van der Waals surface area contributed by atoms with Gasteiger partial charge >= 0.3 is 0 Å². The zero-order valence-electron chi connectivity index (χ0n) is 11.6. The van der Waals surface area contributed by atoms with Gasteiger partial charge in [0, 0.05) is 31.2 Å². The lowest BCUT2D eigenvalue weighted by molar-refractivity contribution is 0.231. The van der Waals surface area contributed by atoms with Crippen LogP contribution in [0, 0.1) is 5.92 Å². The zero-order valence-corrected chi connectivity index (χ0v) is 13.1. The van der Waals surface area contributed by atoms with Gasteiger partial charge in [0.25, 0.3) is 0 Å². The summed E-state index contributed by atoms with van der Waals surface area (Å²) in [5.41, 5.74) is 1.08. The molecule has 1 aromatic heterocycles. The van der Waals surface area contributed by atoms with Crippen molar-refractivity contribution in [2.75, 3.05) is 19.6 Å². The summed E-state index contributed by atoms with van der Waals surface area (Å²) in [6, 6.07) is 4.46. The van der Waals surface area contributed by atoms with E-state index in [2.05, 4.69) is 15.2 Å². The highest BCUT2D eigenvalue weighted by Crippen LogP contribution is 2.31. The molecule has 1 aliphatic heterocycles. The van der Waals surface area contributed by atoms with Gasteiger partial charge < -0.3 is 5.32 Å². The van der Waals surface area contributed by atoms with Gasteiger partial charge in [0.15, 0.2) is 0 Å². The first-order chi connectivity index (χ1) is 9.70. The predicted octanol–water partition coefficient (Wildman–Crippen LogP) is 3.35. The molecule has 1 aromatic rings. The summed E-state index contributed by atoms with van der Waals surface area (Å²) in [6.45, 7) is 4.31. The molecule has 0 bridgehead atoms. The summed E-state index contributed by atoms with van der Waals surface area (Å²) >= 11 is 12.1. The second kappa shape index (κ2) is 6.61. The van der Waals surface area contributed by atoms with E-state index in [0.717, 1.165) is 31.1 Å². The number of aromatic nitrogens is 1. The average Bonchev–Trinajstić information content (AvgIpc) is 3.07. The summed E-state index contributed by atoms with van der Waals surface area (Å²) in [4.78, 5) is 6.67. The van der Waals surface area contributed by atoms with Crippen LogP contribution in [-0.2, 0) is 6.54 Å². The fraction of sp³-hybridized carbons (Fsp3) is 0.667. The third-order valence-electron chi connectivity index (χ3n) is 4.14. The first-order valence-electron chi connectivity index (χ1n) is 7.47. The summed E-state index contributed by atoms with van der Waals surface area (Å²) in [5.74, 6) is 0.885. The van der Waals surface area contributed by atoms with E-state index in [0.29, 0.717) is 16.3 Å². The molecule has 2 fully saturated rings. The quantitative estimate of drug-likeness (QED) is 0.816.